The highest BCUT2D eigenvalue weighted by molar-refractivity contribution is 5.76. The zero-order valence-corrected chi connectivity index (χ0v) is 8.05. The standard InChI is InChI=1S/C9H17N3O/c1-2-9(13)12-5-7-8(6-12)11-4-3-10-7/h7-8,10-11H,2-6H2,1H3. The molecular formula is C9H17N3O. The van der Waals surface area contributed by atoms with Gasteiger partial charge < -0.3 is 15.5 Å². The van der Waals surface area contributed by atoms with Gasteiger partial charge in [0, 0.05) is 44.7 Å². The van der Waals surface area contributed by atoms with Crippen LogP contribution >= 0.6 is 0 Å². The van der Waals surface area contributed by atoms with Gasteiger partial charge in [-0.05, 0) is 0 Å². The minimum atomic E-state index is 0.276. The Bertz CT molecular complexity index is 193. The Kier molecular flexibility index (Phi) is 2.51. The molecule has 2 saturated heterocycles. The van der Waals surface area contributed by atoms with E-state index in [4.69, 9.17) is 0 Å². The van der Waals surface area contributed by atoms with Crippen LogP contribution in [-0.4, -0.2) is 49.1 Å². The fraction of sp³-hybridized carbons (Fsp3) is 0.889. The lowest BCUT2D eigenvalue weighted by atomic mass is 10.1. The maximum Gasteiger partial charge on any atom is 0.222 e. The van der Waals surface area contributed by atoms with E-state index in [0.717, 1.165) is 26.2 Å². The van der Waals surface area contributed by atoms with Gasteiger partial charge in [0.15, 0.2) is 0 Å². The Morgan fingerprint density at radius 1 is 1.31 bits per heavy atom. The average Bonchev–Trinajstić information content (AvgIpc) is 2.59. The van der Waals surface area contributed by atoms with Crippen LogP contribution in [0.2, 0.25) is 0 Å². The van der Waals surface area contributed by atoms with Crippen molar-refractivity contribution >= 4 is 5.91 Å². The van der Waals surface area contributed by atoms with E-state index < -0.39 is 0 Å². The molecule has 2 aliphatic rings. The first kappa shape index (κ1) is 8.97. The van der Waals surface area contributed by atoms with Crippen LogP contribution in [0.5, 0.6) is 0 Å². The molecule has 0 aromatic heterocycles. The highest BCUT2D eigenvalue weighted by Crippen LogP contribution is 2.13. The van der Waals surface area contributed by atoms with E-state index in [9.17, 15) is 4.79 Å². The third-order valence-corrected chi connectivity index (χ3v) is 2.91. The summed E-state index contributed by atoms with van der Waals surface area (Å²) < 4.78 is 0. The van der Waals surface area contributed by atoms with Crippen LogP contribution < -0.4 is 10.6 Å². The van der Waals surface area contributed by atoms with Crippen molar-refractivity contribution in [2.45, 2.75) is 25.4 Å². The van der Waals surface area contributed by atoms with Gasteiger partial charge in [0.25, 0.3) is 0 Å². The molecule has 2 fully saturated rings. The summed E-state index contributed by atoms with van der Waals surface area (Å²) >= 11 is 0. The molecule has 4 heteroatoms. The third-order valence-electron chi connectivity index (χ3n) is 2.91. The Morgan fingerprint density at radius 3 is 2.31 bits per heavy atom. The second kappa shape index (κ2) is 3.64. The zero-order chi connectivity index (χ0) is 9.26. The fourth-order valence-corrected chi connectivity index (χ4v) is 2.16. The van der Waals surface area contributed by atoms with E-state index in [1.165, 1.54) is 0 Å². The molecule has 2 N–H and O–H groups in total. The Labute approximate surface area is 78.7 Å². The molecule has 0 aliphatic carbocycles. The van der Waals surface area contributed by atoms with Crippen molar-refractivity contribution in [3.05, 3.63) is 0 Å². The molecule has 0 radical (unpaired) electrons. The predicted molar refractivity (Wildman–Crippen MR) is 50.5 cm³/mol. The van der Waals surface area contributed by atoms with Gasteiger partial charge in [-0.25, -0.2) is 0 Å². The van der Waals surface area contributed by atoms with Gasteiger partial charge in [0.1, 0.15) is 0 Å². The second-order valence-corrected chi connectivity index (χ2v) is 3.77. The van der Waals surface area contributed by atoms with Crippen molar-refractivity contribution in [1.82, 2.24) is 15.5 Å². The van der Waals surface area contributed by atoms with E-state index in [1.807, 2.05) is 11.8 Å². The molecule has 0 spiro atoms. The maximum atomic E-state index is 11.4. The fourth-order valence-electron chi connectivity index (χ4n) is 2.16. The molecule has 4 nitrogen and oxygen atoms in total. The minimum absolute atomic E-state index is 0.276. The highest BCUT2D eigenvalue weighted by Gasteiger charge is 2.35. The van der Waals surface area contributed by atoms with E-state index in [0.29, 0.717) is 18.5 Å². The zero-order valence-electron chi connectivity index (χ0n) is 8.05. The number of amides is 1. The van der Waals surface area contributed by atoms with Crippen LogP contribution in [0.1, 0.15) is 13.3 Å². The highest BCUT2D eigenvalue weighted by atomic mass is 16.2. The molecule has 0 aromatic carbocycles. The number of hydrogen-bond donors (Lipinski definition) is 2. The predicted octanol–water partition coefficient (Wildman–Crippen LogP) is -0.831. The van der Waals surface area contributed by atoms with Crippen LogP contribution in [0.3, 0.4) is 0 Å². The van der Waals surface area contributed by atoms with Gasteiger partial charge in [-0.3, -0.25) is 4.79 Å². The number of carbonyl (C=O) groups is 1. The number of nitrogens with zero attached hydrogens (tertiary/aromatic N) is 1. The SMILES string of the molecule is CCC(=O)N1CC2NCCNC2C1. The summed E-state index contributed by atoms with van der Waals surface area (Å²) in [6.45, 7) is 5.73. The van der Waals surface area contributed by atoms with Crippen LogP contribution in [0.15, 0.2) is 0 Å². The largest absolute Gasteiger partial charge is 0.339 e. The molecule has 13 heavy (non-hydrogen) atoms. The first-order valence-corrected chi connectivity index (χ1v) is 5.06. The molecule has 74 valence electrons. The molecule has 0 bridgehead atoms. The first-order chi connectivity index (χ1) is 6.31. The minimum Gasteiger partial charge on any atom is -0.339 e. The summed E-state index contributed by atoms with van der Waals surface area (Å²) in [5.41, 5.74) is 0. The number of nitrogens with one attached hydrogen (secondary N) is 2. The normalized spacial score (nSPS) is 33.2. The van der Waals surface area contributed by atoms with Crippen LogP contribution in [-0.2, 0) is 4.79 Å². The summed E-state index contributed by atoms with van der Waals surface area (Å²) in [5.74, 6) is 0.276. The van der Waals surface area contributed by atoms with Gasteiger partial charge in [0.2, 0.25) is 5.91 Å². The molecule has 0 saturated carbocycles. The number of rotatable bonds is 1. The monoisotopic (exact) mass is 183 g/mol. The number of carbonyl (C=O) groups excluding carboxylic acids is 1. The average molecular weight is 183 g/mol. The van der Waals surface area contributed by atoms with Crippen LogP contribution in [0.4, 0.5) is 0 Å². The molecule has 2 atom stereocenters. The molecule has 1 amide bonds. The van der Waals surface area contributed by atoms with Gasteiger partial charge in [-0.15, -0.1) is 0 Å². The Hall–Kier alpha value is -0.610. The topological polar surface area (TPSA) is 44.4 Å². The first-order valence-electron chi connectivity index (χ1n) is 5.06. The summed E-state index contributed by atoms with van der Waals surface area (Å²) in [7, 11) is 0. The lowest BCUT2D eigenvalue weighted by molar-refractivity contribution is -0.129. The summed E-state index contributed by atoms with van der Waals surface area (Å²) in [5, 5.41) is 6.87. The number of piperazine rings is 1. The van der Waals surface area contributed by atoms with Gasteiger partial charge in [-0.2, -0.15) is 0 Å². The van der Waals surface area contributed by atoms with Crippen molar-refractivity contribution in [3.63, 3.8) is 0 Å². The van der Waals surface area contributed by atoms with Crippen LogP contribution in [0.25, 0.3) is 0 Å². The number of fused-ring (bicyclic) bond motifs is 1. The molecule has 0 aromatic rings. The summed E-state index contributed by atoms with van der Waals surface area (Å²) in [6.07, 6.45) is 0.624. The third kappa shape index (κ3) is 1.69. The molecule has 2 rings (SSSR count). The Morgan fingerprint density at radius 2 is 1.85 bits per heavy atom. The van der Waals surface area contributed by atoms with E-state index >= 15 is 0 Å². The molecule has 2 aliphatic heterocycles. The summed E-state index contributed by atoms with van der Waals surface area (Å²) in [4.78, 5) is 13.4. The van der Waals surface area contributed by atoms with Crippen molar-refractivity contribution < 1.29 is 4.79 Å². The van der Waals surface area contributed by atoms with E-state index in [1.54, 1.807) is 0 Å². The second-order valence-electron chi connectivity index (χ2n) is 3.77. The van der Waals surface area contributed by atoms with Crippen molar-refractivity contribution in [2.24, 2.45) is 0 Å². The summed E-state index contributed by atoms with van der Waals surface area (Å²) in [6, 6.07) is 0.952. The molecular weight excluding hydrogens is 166 g/mol. The van der Waals surface area contributed by atoms with Gasteiger partial charge in [0.05, 0.1) is 0 Å². The molecule has 2 heterocycles. The number of likely N-dealkylation sites (tertiary alicyclic amines) is 1. The lowest BCUT2D eigenvalue weighted by Crippen LogP contribution is -2.55. The quantitative estimate of drug-likeness (QED) is 0.557. The van der Waals surface area contributed by atoms with E-state index in [2.05, 4.69) is 10.6 Å². The number of hydrogen-bond acceptors (Lipinski definition) is 3. The van der Waals surface area contributed by atoms with E-state index in [-0.39, 0.29) is 5.91 Å². The molecule has 2 unspecified atom stereocenters. The van der Waals surface area contributed by atoms with Crippen molar-refractivity contribution in [1.29, 1.82) is 0 Å². The van der Waals surface area contributed by atoms with Crippen molar-refractivity contribution in [3.8, 4) is 0 Å². The maximum absolute atomic E-state index is 11.4. The van der Waals surface area contributed by atoms with Crippen LogP contribution in [0, 0.1) is 0 Å². The smallest absolute Gasteiger partial charge is 0.222 e. The van der Waals surface area contributed by atoms with Crippen molar-refractivity contribution in [2.75, 3.05) is 26.2 Å². The lowest BCUT2D eigenvalue weighted by Gasteiger charge is -2.26. The Balaban J connectivity index is 1.94. The van der Waals surface area contributed by atoms with Gasteiger partial charge >= 0.3 is 0 Å². The van der Waals surface area contributed by atoms with Gasteiger partial charge in [-0.1, -0.05) is 6.92 Å².